The molecule has 2 amide bonds. The van der Waals surface area contributed by atoms with Gasteiger partial charge in [-0.3, -0.25) is 0 Å². The minimum atomic E-state index is -3.57. The number of nitrogens with one attached hydrogen (secondary N) is 2. The van der Waals surface area contributed by atoms with Crippen LogP contribution in [0.3, 0.4) is 0 Å². The van der Waals surface area contributed by atoms with Gasteiger partial charge in [0.05, 0.1) is 17.7 Å². The predicted molar refractivity (Wildman–Crippen MR) is 116 cm³/mol. The van der Waals surface area contributed by atoms with E-state index in [1.165, 1.54) is 0 Å². The number of likely N-dealkylation sites (tertiary alicyclic amines) is 1. The largest absolute Gasteiger partial charge is 0.495 e. The zero-order valence-corrected chi connectivity index (χ0v) is 18.5. The molecule has 9 heteroatoms. The zero-order chi connectivity index (χ0) is 20.9. The molecule has 0 atom stereocenters. The summed E-state index contributed by atoms with van der Waals surface area (Å²) in [6.07, 6.45) is 1.47. The highest BCUT2D eigenvalue weighted by atomic mass is 79.9. The molecule has 0 radical (unpaired) electrons. The maximum atomic E-state index is 12.5. The summed E-state index contributed by atoms with van der Waals surface area (Å²) in [6, 6.07) is 13.8. The van der Waals surface area contributed by atoms with Crippen LogP contribution in [-0.4, -0.2) is 46.1 Å². The number of rotatable bonds is 6. The molecule has 0 bridgehead atoms. The molecule has 156 valence electrons. The third-order valence-corrected chi connectivity index (χ3v) is 7.37. The Morgan fingerprint density at radius 3 is 2.48 bits per heavy atom. The van der Waals surface area contributed by atoms with Gasteiger partial charge in [-0.15, -0.1) is 0 Å². The smallest absolute Gasteiger partial charge is 0.321 e. The van der Waals surface area contributed by atoms with Gasteiger partial charge in [0.25, 0.3) is 0 Å². The van der Waals surface area contributed by atoms with Gasteiger partial charge in [-0.05, 0) is 59.0 Å². The number of hydrogen-bond donors (Lipinski definition) is 2. The highest BCUT2D eigenvalue weighted by Gasteiger charge is 2.25. The Kier molecular flexibility index (Phi) is 7.15. The van der Waals surface area contributed by atoms with Gasteiger partial charge in [0.1, 0.15) is 5.75 Å². The van der Waals surface area contributed by atoms with Gasteiger partial charge in [-0.25, -0.2) is 17.9 Å². The topological polar surface area (TPSA) is 87.7 Å². The van der Waals surface area contributed by atoms with Crippen molar-refractivity contribution >= 4 is 37.7 Å². The Morgan fingerprint density at radius 1 is 1.14 bits per heavy atom. The van der Waals surface area contributed by atoms with E-state index in [4.69, 9.17) is 4.74 Å². The molecule has 0 saturated carbocycles. The number of sulfonamides is 1. The standard InChI is InChI=1S/C20H24BrN3O4S/c1-28-18-8-4-3-7-17(18)23-20(25)24-12-10-15(11-13-24)14-22-29(26,27)19-9-5-2-6-16(19)21/h2-9,15,22H,10-14H2,1H3,(H,23,25). The number of benzene rings is 2. The maximum absolute atomic E-state index is 12.5. The minimum Gasteiger partial charge on any atom is -0.495 e. The van der Waals surface area contributed by atoms with E-state index in [-0.39, 0.29) is 16.8 Å². The molecule has 0 unspecified atom stereocenters. The summed E-state index contributed by atoms with van der Waals surface area (Å²) in [5, 5.41) is 2.88. The van der Waals surface area contributed by atoms with Crippen LogP contribution < -0.4 is 14.8 Å². The quantitative estimate of drug-likeness (QED) is 0.658. The third kappa shape index (κ3) is 5.49. The lowest BCUT2D eigenvalue weighted by Gasteiger charge is -2.32. The Labute approximate surface area is 179 Å². The number of amides is 2. The van der Waals surface area contributed by atoms with Crippen LogP contribution in [0.4, 0.5) is 10.5 Å². The monoisotopic (exact) mass is 481 g/mol. The van der Waals surface area contributed by atoms with Crippen molar-refractivity contribution in [2.45, 2.75) is 17.7 Å². The number of hydrogen-bond acceptors (Lipinski definition) is 4. The second kappa shape index (κ2) is 9.60. The molecule has 2 aromatic rings. The van der Waals surface area contributed by atoms with Gasteiger partial charge < -0.3 is 15.0 Å². The zero-order valence-electron chi connectivity index (χ0n) is 16.1. The number of nitrogens with zero attached hydrogens (tertiary/aromatic N) is 1. The normalized spacial score (nSPS) is 15.2. The number of carbonyl (C=O) groups is 1. The Morgan fingerprint density at radius 2 is 1.79 bits per heavy atom. The van der Waals surface area contributed by atoms with Crippen LogP contribution in [-0.2, 0) is 10.0 Å². The molecule has 1 aliphatic heterocycles. The number of halogens is 1. The number of para-hydroxylation sites is 2. The molecule has 1 fully saturated rings. The first-order chi connectivity index (χ1) is 13.9. The Bertz CT molecular complexity index is 960. The maximum Gasteiger partial charge on any atom is 0.321 e. The van der Waals surface area contributed by atoms with Gasteiger partial charge in [-0.2, -0.15) is 0 Å². The van der Waals surface area contributed by atoms with Crippen LogP contribution in [0.15, 0.2) is 57.9 Å². The van der Waals surface area contributed by atoms with Crippen molar-refractivity contribution in [2.24, 2.45) is 5.92 Å². The third-order valence-electron chi connectivity index (χ3n) is 4.94. The second-order valence-corrected chi connectivity index (χ2v) is 9.43. The number of methoxy groups -OCH3 is 1. The number of anilines is 1. The van der Waals surface area contributed by atoms with Crippen molar-refractivity contribution in [3.8, 4) is 5.75 Å². The SMILES string of the molecule is COc1ccccc1NC(=O)N1CCC(CNS(=O)(=O)c2ccccc2Br)CC1. The summed E-state index contributed by atoms with van der Waals surface area (Å²) in [4.78, 5) is 14.5. The molecule has 0 spiro atoms. The fourth-order valence-electron chi connectivity index (χ4n) is 3.25. The molecular formula is C20H24BrN3O4S. The van der Waals surface area contributed by atoms with Crippen LogP contribution in [0.25, 0.3) is 0 Å². The van der Waals surface area contributed by atoms with Crippen LogP contribution in [0.1, 0.15) is 12.8 Å². The lowest BCUT2D eigenvalue weighted by atomic mass is 9.97. The van der Waals surface area contributed by atoms with Crippen molar-refractivity contribution in [1.82, 2.24) is 9.62 Å². The van der Waals surface area contributed by atoms with Crippen molar-refractivity contribution in [2.75, 3.05) is 32.1 Å². The highest BCUT2D eigenvalue weighted by molar-refractivity contribution is 9.10. The average molecular weight is 482 g/mol. The van der Waals surface area contributed by atoms with Crippen molar-refractivity contribution in [1.29, 1.82) is 0 Å². The summed E-state index contributed by atoms with van der Waals surface area (Å²) < 4.78 is 33.5. The van der Waals surface area contributed by atoms with E-state index in [0.717, 1.165) is 12.8 Å². The summed E-state index contributed by atoms with van der Waals surface area (Å²) in [6.45, 7) is 1.50. The molecular weight excluding hydrogens is 458 g/mol. The van der Waals surface area contributed by atoms with E-state index in [1.807, 2.05) is 12.1 Å². The highest BCUT2D eigenvalue weighted by Crippen LogP contribution is 2.25. The second-order valence-electron chi connectivity index (χ2n) is 6.84. The van der Waals surface area contributed by atoms with Crippen molar-refractivity contribution in [3.05, 3.63) is 53.0 Å². The number of carbonyl (C=O) groups excluding carboxylic acids is 1. The van der Waals surface area contributed by atoms with Gasteiger partial charge in [0.15, 0.2) is 0 Å². The van der Waals surface area contributed by atoms with Gasteiger partial charge in [-0.1, -0.05) is 24.3 Å². The molecule has 1 heterocycles. The number of urea groups is 1. The molecule has 0 aliphatic carbocycles. The van der Waals surface area contributed by atoms with Gasteiger partial charge in [0.2, 0.25) is 10.0 Å². The van der Waals surface area contributed by atoms with E-state index in [0.29, 0.717) is 35.5 Å². The molecule has 2 N–H and O–H groups in total. The molecule has 3 rings (SSSR count). The fourth-order valence-corrected chi connectivity index (χ4v) is 5.37. The summed E-state index contributed by atoms with van der Waals surface area (Å²) in [5.74, 6) is 0.791. The van der Waals surface area contributed by atoms with Crippen LogP contribution in [0.5, 0.6) is 5.75 Å². The molecule has 1 aliphatic rings. The van der Waals surface area contributed by atoms with Gasteiger partial charge in [0, 0.05) is 24.1 Å². The van der Waals surface area contributed by atoms with E-state index in [2.05, 4.69) is 26.0 Å². The first-order valence-corrected chi connectivity index (χ1v) is 11.6. The van der Waals surface area contributed by atoms with E-state index >= 15 is 0 Å². The lowest BCUT2D eigenvalue weighted by Crippen LogP contribution is -2.43. The predicted octanol–water partition coefficient (Wildman–Crippen LogP) is 3.68. The van der Waals surface area contributed by atoms with E-state index in [9.17, 15) is 13.2 Å². The lowest BCUT2D eigenvalue weighted by molar-refractivity contribution is 0.183. The summed E-state index contributed by atoms with van der Waals surface area (Å²) >= 11 is 3.28. The molecule has 2 aromatic carbocycles. The van der Waals surface area contributed by atoms with Crippen LogP contribution in [0, 0.1) is 5.92 Å². The van der Waals surface area contributed by atoms with E-state index < -0.39 is 10.0 Å². The first kappa shape index (κ1) is 21.6. The summed E-state index contributed by atoms with van der Waals surface area (Å²) in [5.41, 5.74) is 0.628. The Balaban J connectivity index is 1.50. The van der Waals surface area contributed by atoms with Crippen molar-refractivity contribution in [3.63, 3.8) is 0 Å². The fraction of sp³-hybridized carbons (Fsp3) is 0.350. The minimum absolute atomic E-state index is 0.179. The molecule has 0 aromatic heterocycles. The Hall–Kier alpha value is -2.10. The molecule has 29 heavy (non-hydrogen) atoms. The number of piperidine rings is 1. The average Bonchev–Trinajstić information content (AvgIpc) is 2.73. The van der Waals surface area contributed by atoms with Crippen LogP contribution >= 0.6 is 15.9 Å². The molecule has 1 saturated heterocycles. The van der Waals surface area contributed by atoms with Crippen LogP contribution in [0.2, 0.25) is 0 Å². The van der Waals surface area contributed by atoms with Gasteiger partial charge >= 0.3 is 6.03 Å². The molecule has 7 nitrogen and oxygen atoms in total. The number of ether oxygens (including phenoxy) is 1. The first-order valence-electron chi connectivity index (χ1n) is 9.34. The van der Waals surface area contributed by atoms with E-state index in [1.54, 1.807) is 48.4 Å². The summed E-state index contributed by atoms with van der Waals surface area (Å²) in [7, 11) is -2.01. The van der Waals surface area contributed by atoms with Crippen molar-refractivity contribution < 1.29 is 17.9 Å².